The number of amides is 2. The molecule has 1 aliphatic rings. The summed E-state index contributed by atoms with van der Waals surface area (Å²) < 4.78 is 26.5. The van der Waals surface area contributed by atoms with Gasteiger partial charge >= 0.3 is 0 Å². The number of rotatable bonds is 8. The van der Waals surface area contributed by atoms with E-state index in [0.717, 1.165) is 25.9 Å². The Balaban J connectivity index is 0.00000392. The third-order valence-corrected chi connectivity index (χ3v) is 6.56. The monoisotopic (exact) mass is 432 g/mol. The van der Waals surface area contributed by atoms with Crippen LogP contribution in [0, 0.1) is 0 Å². The second-order valence-corrected chi connectivity index (χ2v) is 8.35. The summed E-state index contributed by atoms with van der Waals surface area (Å²) in [7, 11) is -3.64. The molecule has 0 aliphatic carbocycles. The molecule has 1 aliphatic heterocycles. The van der Waals surface area contributed by atoms with Crippen molar-refractivity contribution in [1.29, 1.82) is 0 Å². The van der Waals surface area contributed by atoms with Crippen LogP contribution in [-0.2, 0) is 14.8 Å². The van der Waals surface area contributed by atoms with Gasteiger partial charge in [0.15, 0.2) is 0 Å². The fraction of sp³-hybridized carbons (Fsp3) is 0.556. The molecule has 28 heavy (non-hydrogen) atoms. The minimum absolute atomic E-state index is 0. The minimum atomic E-state index is -3.64. The summed E-state index contributed by atoms with van der Waals surface area (Å²) in [5, 5.41) is 8.62. The molecule has 0 spiro atoms. The van der Waals surface area contributed by atoms with Gasteiger partial charge in [-0.3, -0.25) is 9.59 Å². The number of carbonyl (C=O) groups excluding carboxylic acids is 2. The highest BCUT2D eigenvalue weighted by atomic mass is 35.5. The zero-order valence-corrected chi connectivity index (χ0v) is 17.9. The number of sulfonamides is 1. The van der Waals surface area contributed by atoms with Crippen LogP contribution in [0.4, 0.5) is 0 Å². The van der Waals surface area contributed by atoms with Gasteiger partial charge in [0.1, 0.15) is 0 Å². The van der Waals surface area contributed by atoms with Crippen molar-refractivity contribution < 1.29 is 18.0 Å². The molecular weight excluding hydrogens is 404 g/mol. The van der Waals surface area contributed by atoms with E-state index in [1.54, 1.807) is 13.8 Å². The number of hydrogen-bond acceptors (Lipinski definition) is 5. The lowest BCUT2D eigenvalue weighted by molar-refractivity contribution is -0.120. The van der Waals surface area contributed by atoms with E-state index < -0.39 is 15.9 Å². The average molecular weight is 433 g/mol. The van der Waals surface area contributed by atoms with Crippen LogP contribution in [-0.4, -0.2) is 63.3 Å². The lowest BCUT2D eigenvalue weighted by Gasteiger charge is -2.23. The highest BCUT2D eigenvalue weighted by Gasteiger charge is 2.22. The molecule has 1 aromatic rings. The highest BCUT2D eigenvalue weighted by Crippen LogP contribution is 2.17. The predicted molar refractivity (Wildman–Crippen MR) is 110 cm³/mol. The highest BCUT2D eigenvalue weighted by molar-refractivity contribution is 7.89. The number of nitrogens with zero attached hydrogens (tertiary/aromatic N) is 1. The smallest absolute Gasteiger partial charge is 0.251 e. The van der Waals surface area contributed by atoms with Crippen LogP contribution >= 0.6 is 12.4 Å². The molecule has 1 atom stereocenters. The Hall–Kier alpha value is -1.68. The van der Waals surface area contributed by atoms with Gasteiger partial charge in [-0.05, 0) is 37.6 Å². The largest absolute Gasteiger partial charge is 0.351 e. The lowest BCUT2D eigenvalue weighted by Crippen LogP contribution is -2.48. The van der Waals surface area contributed by atoms with E-state index in [-0.39, 0.29) is 41.4 Å². The topological polar surface area (TPSA) is 108 Å². The Morgan fingerprint density at radius 2 is 1.96 bits per heavy atom. The molecule has 2 amide bonds. The van der Waals surface area contributed by atoms with Crippen LogP contribution in [0.3, 0.4) is 0 Å². The van der Waals surface area contributed by atoms with E-state index in [4.69, 9.17) is 0 Å². The summed E-state index contributed by atoms with van der Waals surface area (Å²) in [6, 6.07) is 5.93. The molecule has 2 rings (SSSR count). The molecule has 0 saturated carbocycles. The van der Waals surface area contributed by atoms with Gasteiger partial charge in [-0.2, -0.15) is 4.31 Å². The molecule has 3 N–H and O–H groups in total. The third kappa shape index (κ3) is 6.44. The van der Waals surface area contributed by atoms with Crippen molar-refractivity contribution in [2.24, 2.45) is 0 Å². The van der Waals surface area contributed by atoms with Crippen LogP contribution in [0.2, 0.25) is 0 Å². The maximum Gasteiger partial charge on any atom is 0.251 e. The quantitative estimate of drug-likeness (QED) is 0.561. The zero-order chi connectivity index (χ0) is 19.9. The summed E-state index contributed by atoms with van der Waals surface area (Å²) in [5.41, 5.74) is 0.204. The Morgan fingerprint density at radius 1 is 1.25 bits per heavy atom. The van der Waals surface area contributed by atoms with Gasteiger partial charge in [0.25, 0.3) is 5.91 Å². The Bertz CT molecular complexity index is 763. The number of carbonyl (C=O) groups is 2. The normalized spacial score (nSPS) is 16.9. The number of nitrogens with one attached hydrogen (secondary N) is 3. The second-order valence-electron chi connectivity index (χ2n) is 6.41. The number of hydrogen-bond donors (Lipinski definition) is 3. The summed E-state index contributed by atoms with van der Waals surface area (Å²) >= 11 is 0. The van der Waals surface area contributed by atoms with Crippen LogP contribution < -0.4 is 16.0 Å². The van der Waals surface area contributed by atoms with Crippen LogP contribution in [0.15, 0.2) is 29.2 Å². The van der Waals surface area contributed by atoms with Crippen molar-refractivity contribution >= 4 is 34.2 Å². The summed E-state index contributed by atoms with van der Waals surface area (Å²) in [5.74, 6) is -0.743. The molecular formula is C18H29ClN4O4S. The number of halogens is 1. The maximum absolute atomic E-state index is 12.6. The van der Waals surface area contributed by atoms with Gasteiger partial charge in [-0.15, -0.1) is 12.4 Å². The van der Waals surface area contributed by atoms with Gasteiger partial charge in [0.05, 0.1) is 11.4 Å². The zero-order valence-electron chi connectivity index (χ0n) is 16.2. The van der Waals surface area contributed by atoms with E-state index in [1.165, 1.54) is 28.6 Å². The molecule has 1 saturated heterocycles. The maximum atomic E-state index is 12.6. The fourth-order valence-corrected chi connectivity index (χ4v) is 4.53. The molecule has 1 aromatic carbocycles. The average Bonchev–Trinajstić information content (AvgIpc) is 2.67. The van der Waals surface area contributed by atoms with E-state index >= 15 is 0 Å². The third-order valence-electron chi connectivity index (χ3n) is 4.51. The first-order valence-electron chi connectivity index (χ1n) is 9.27. The molecule has 158 valence electrons. The lowest BCUT2D eigenvalue weighted by atomic mass is 10.1. The van der Waals surface area contributed by atoms with Crippen molar-refractivity contribution in [3.05, 3.63) is 29.8 Å². The molecule has 0 radical (unpaired) electrons. The molecule has 10 heteroatoms. The Labute approximate surface area is 172 Å². The molecule has 0 bridgehead atoms. The van der Waals surface area contributed by atoms with Crippen molar-refractivity contribution in [2.45, 2.75) is 37.6 Å². The van der Waals surface area contributed by atoms with E-state index in [2.05, 4.69) is 16.0 Å². The summed E-state index contributed by atoms with van der Waals surface area (Å²) in [6.45, 7) is 5.76. The van der Waals surface area contributed by atoms with Crippen molar-refractivity contribution in [3.63, 3.8) is 0 Å². The Kier molecular flexibility index (Phi) is 9.88. The Morgan fingerprint density at radius 3 is 2.57 bits per heavy atom. The van der Waals surface area contributed by atoms with Gasteiger partial charge in [-0.1, -0.05) is 19.9 Å². The second kappa shape index (κ2) is 11.4. The van der Waals surface area contributed by atoms with E-state index in [9.17, 15) is 18.0 Å². The van der Waals surface area contributed by atoms with Crippen molar-refractivity contribution in [3.8, 4) is 0 Å². The van der Waals surface area contributed by atoms with Gasteiger partial charge in [-0.25, -0.2) is 8.42 Å². The summed E-state index contributed by atoms with van der Waals surface area (Å²) in [6.07, 6.45) is 1.92. The first kappa shape index (κ1) is 24.4. The van der Waals surface area contributed by atoms with Gasteiger partial charge in [0.2, 0.25) is 15.9 Å². The van der Waals surface area contributed by atoms with Crippen LogP contribution in [0.1, 0.15) is 37.0 Å². The first-order chi connectivity index (χ1) is 12.9. The minimum Gasteiger partial charge on any atom is -0.351 e. The van der Waals surface area contributed by atoms with Crippen molar-refractivity contribution in [1.82, 2.24) is 20.3 Å². The van der Waals surface area contributed by atoms with E-state index in [0.29, 0.717) is 13.1 Å². The SMILES string of the molecule is CCN(CC)S(=O)(=O)c1cccc(C(=O)NCC(=O)NC2CCCNC2)c1.Cl. The first-order valence-corrected chi connectivity index (χ1v) is 10.7. The van der Waals surface area contributed by atoms with Crippen LogP contribution in [0.5, 0.6) is 0 Å². The number of piperidine rings is 1. The summed E-state index contributed by atoms with van der Waals surface area (Å²) in [4.78, 5) is 24.4. The predicted octanol–water partition coefficient (Wildman–Crippen LogP) is 0.737. The molecule has 1 unspecified atom stereocenters. The molecule has 1 heterocycles. The van der Waals surface area contributed by atoms with Crippen molar-refractivity contribution in [2.75, 3.05) is 32.7 Å². The van der Waals surface area contributed by atoms with Gasteiger partial charge < -0.3 is 16.0 Å². The molecule has 0 aromatic heterocycles. The molecule has 8 nitrogen and oxygen atoms in total. The van der Waals surface area contributed by atoms with Gasteiger partial charge in [0, 0.05) is 31.2 Å². The number of benzene rings is 1. The standard InChI is InChI=1S/C18H28N4O4S.ClH/c1-3-22(4-2)27(25,26)16-9-5-7-14(11-16)18(24)20-13-17(23)21-15-8-6-10-19-12-15;/h5,7,9,11,15,19H,3-4,6,8,10,12-13H2,1-2H3,(H,20,24)(H,21,23);1H. The molecule has 1 fully saturated rings. The fourth-order valence-electron chi connectivity index (χ4n) is 3.03. The van der Waals surface area contributed by atoms with Crippen LogP contribution in [0.25, 0.3) is 0 Å². The van der Waals surface area contributed by atoms with E-state index in [1.807, 2.05) is 0 Å².